The fourth-order valence-corrected chi connectivity index (χ4v) is 2.37. The molecule has 0 aromatic heterocycles. The summed E-state index contributed by atoms with van der Waals surface area (Å²) < 4.78 is 4.74. The first-order chi connectivity index (χ1) is 11.2. The Labute approximate surface area is 135 Å². The Morgan fingerprint density at radius 3 is 2.65 bits per heavy atom. The quantitative estimate of drug-likeness (QED) is 0.507. The Hall–Kier alpha value is -2.80. The monoisotopic (exact) mass is 309 g/mol. The number of methoxy groups -OCH3 is 1. The van der Waals surface area contributed by atoms with E-state index >= 15 is 0 Å². The van der Waals surface area contributed by atoms with Crippen LogP contribution in [0.3, 0.4) is 0 Å². The molecule has 0 unspecified atom stereocenters. The summed E-state index contributed by atoms with van der Waals surface area (Å²) in [6.45, 7) is 0. The van der Waals surface area contributed by atoms with Gasteiger partial charge in [-0.3, -0.25) is 4.79 Å². The number of terminal acetylenes is 1. The van der Waals surface area contributed by atoms with Crippen LogP contribution in [-0.2, 0) is 9.53 Å². The maximum absolute atomic E-state index is 12.4. The van der Waals surface area contributed by atoms with Crippen LogP contribution in [0.2, 0.25) is 0 Å². The summed E-state index contributed by atoms with van der Waals surface area (Å²) in [4.78, 5) is 24.2. The lowest BCUT2D eigenvalue weighted by Gasteiger charge is -2.16. The van der Waals surface area contributed by atoms with Crippen molar-refractivity contribution in [3.05, 3.63) is 48.0 Å². The molecule has 0 aliphatic rings. The van der Waals surface area contributed by atoms with Gasteiger partial charge in [-0.2, -0.15) is 0 Å². The Morgan fingerprint density at radius 2 is 1.96 bits per heavy atom. The number of unbranched alkanes of at least 4 members (excludes halogenated alkanes) is 1. The van der Waals surface area contributed by atoms with Gasteiger partial charge in [0, 0.05) is 12.0 Å². The molecule has 1 atom stereocenters. The van der Waals surface area contributed by atoms with E-state index in [1.807, 2.05) is 30.3 Å². The predicted octanol–water partition coefficient (Wildman–Crippen LogP) is 2.91. The molecule has 2 aromatic carbocycles. The van der Waals surface area contributed by atoms with E-state index in [1.54, 1.807) is 12.1 Å². The van der Waals surface area contributed by atoms with Gasteiger partial charge in [-0.25, -0.2) is 4.79 Å². The third-order valence-corrected chi connectivity index (χ3v) is 3.62. The predicted molar refractivity (Wildman–Crippen MR) is 89.9 cm³/mol. The normalized spacial score (nSPS) is 11.5. The van der Waals surface area contributed by atoms with Gasteiger partial charge in [0.2, 0.25) is 0 Å². The van der Waals surface area contributed by atoms with Gasteiger partial charge in [0.15, 0.2) is 0 Å². The number of esters is 1. The number of benzene rings is 2. The van der Waals surface area contributed by atoms with Crippen molar-refractivity contribution in [1.29, 1.82) is 0 Å². The largest absolute Gasteiger partial charge is 0.467 e. The summed E-state index contributed by atoms with van der Waals surface area (Å²) in [6, 6.07) is 12.5. The number of ether oxygens (including phenoxy) is 1. The molecule has 0 saturated carbocycles. The van der Waals surface area contributed by atoms with Crippen LogP contribution >= 0.6 is 0 Å². The van der Waals surface area contributed by atoms with Gasteiger partial charge >= 0.3 is 5.97 Å². The van der Waals surface area contributed by atoms with Gasteiger partial charge in [0.25, 0.3) is 5.91 Å². The van der Waals surface area contributed by atoms with E-state index < -0.39 is 12.0 Å². The van der Waals surface area contributed by atoms with Crippen molar-refractivity contribution < 1.29 is 14.3 Å². The van der Waals surface area contributed by atoms with Crippen LogP contribution in [-0.4, -0.2) is 25.0 Å². The zero-order valence-electron chi connectivity index (χ0n) is 13.0. The van der Waals surface area contributed by atoms with Crippen molar-refractivity contribution in [1.82, 2.24) is 5.32 Å². The van der Waals surface area contributed by atoms with Gasteiger partial charge in [-0.05, 0) is 35.7 Å². The highest BCUT2D eigenvalue weighted by Crippen LogP contribution is 2.16. The highest BCUT2D eigenvalue weighted by atomic mass is 16.5. The molecule has 0 spiro atoms. The second-order valence-corrected chi connectivity index (χ2v) is 5.21. The number of fused-ring (bicyclic) bond motifs is 1. The number of nitrogens with one attached hydrogen (secondary N) is 1. The number of hydrogen-bond donors (Lipinski definition) is 1. The summed E-state index contributed by atoms with van der Waals surface area (Å²) >= 11 is 0. The molecule has 0 radical (unpaired) electrons. The first-order valence-electron chi connectivity index (χ1n) is 7.46. The molecule has 1 amide bonds. The van der Waals surface area contributed by atoms with Gasteiger partial charge in [-0.1, -0.05) is 30.3 Å². The first kappa shape index (κ1) is 16.6. The minimum absolute atomic E-state index is 0.299. The average molecular weight is 309 g/mol. The smallest absolute Gasteiger partial charge is 0.328 e. The minimum atomic E-state index is -0.688. The number of carbonyl (C=O) groups is 2. The topological polar surface area (TPSA) is 55.4 Å². The molecule has 0 bridgehead atoms. The Balaban J connectivity index is 2.12. The van der Waals surface area contributed by atoms with Crippen LogP contribution in [0, 0.1) is 12.3 Å². The van der Waals surface area contributed by atoms with E-state index in [-0.39, 0.29) is 5.91 Å². The third kappa shape index (κ3) is 4.33. The minimum Gasteiger partial charge on any atom is -0.467 e. The number of amides is 1. The van der Waals surface area contributed by atoms with Gasteiger partial charge in [0.05, 0.1) is 7.11 Å². The number of hydrogen-bond acceptors (Lipinski definition) is 3. The van der Waals surface area contributed by atoms with Gasteiger partial charge in [-0.15, -0.1) is 12.3 Å². The van der Waals surface area contributed by atoms with Crippen molar-refractivity contribution in [2.45, 2.75) is 25.3 Å². The van der Waals surface area contributed by atoms with E-state index in [0.29, 0.717) is 24.8 Å². The van der Waals surface area contributed by atoms with Crippen LogP contribution in [0.4, 0.5) is 0 Å². The zero-order valence-corrected chi connectivity index (χ0v) is 13.0. The average Bonchev–Trinajstić information content (AvgIpc) is 2.59. The Morgan fingerprint density at radius 1 is 1.22 bits per heavy atom. The lowest BCUT2D eigenvalue weighted by Crippen LogP contribution is -2.41. The van der Waals surface area contributed by atoms with Crippen molar-refractivity contribution >= 4 is 22.6 Å². The van der Waals surface area contributed by atoms with E-state index in [0.717, 1.165) is 10.8 Å². The van der Waals surface area contributed by atoms with E-state index in [2.05, 4.69) is 11.2 Å². The van der Waals surface area contributed by atoms with Crippen LogP contribution in [0.15, 0.2) is 42.5 Å². The fourth-order valence-electron chi connectivity index (χ4n) is 2.37. The number of carbonyl (C=O) groups excluding carboxylic acids is 2. The van der Waals surface area contributed by atoms with Crippen molar-refractivity contribution in [2.24, 2.45) is 0 Å². The molecule has 4 nitrogen and oxygen atoms in total. The Bertz CT molecular complexity index is 746. The maximum Gasteiger partial charge on any atom is 0.328 e. The molecule has 0 saturated heterocycles. The summed E-state index contributed by atoms with van der Waals surface area (Å²) in [7, 11) is 1.30. The molecule has 1 N–H and O–H groups in total. The third-order valence-electron chi connectivity index (χ3n) is 3.62. The van der Waals surface area contributed by atoms with Gasteiger partial charge in [0.1, 0.15) is 6.04 Å². The second-order valence-electron chi connectivity index (χ2n) is 5.21. The molecule has 2 aromatic rings. The molecule has 0 fully saturated rings. The molecule has 2 rings (SSSR count). The standard InChI is InChI=1S/C19H19NO3/c1-3-4-5-10-17(19(22)23-2)20-18(21)16-12-11-14-8-6-7-9-15(14)13-16/h1,6-9,11-13,17H,4-5,10H2,2H3,(H,20,21)/t17-/m1/s1. The highest BCUT2D eigenvalue weighted by Gasteiger charge is 2.21. The van der Waals surface area contributed by atoms with Crippen LogP contribution < -0.4 is 5.32 Å². The molecule has 4 heteroatoms. The van der Waals surface area contributed by atoms with E-state index in [9.17, 15) is 9.59 Å². The van der Waals surface area contributed by atoms with Crippen molar-refractivity contribution in [3.63, 3.8) is 0 Å². The van der Waals surface area contributed by atoms with Crippen LogP contribution in [0.1, 0.15) is 29.6 Å². The van der Waals surface area contributed by atoms with E-state index in [1.165, 1.54) is 7.11 Å². The van der Waals surface area contributed by atoms with E-state index in [4.69, 9.17) is 11.2 Å². The summed E-state index contributed by atoms with van der Waals surface area (Å²) in [5, 5.41) is 4.76. The highest BCUT2D eigenvalue weighted by molar-refractivity contribution is 6.00. The molecule has 0 aliphatic heterocycles. The lowest BCUT2D eigenvalue weighted by atomic mass is 10.1. The van der Waals surface area contributed by atoms with Crippen molar-refractivity contribution in [3.8, 4) is 12.3 Å². The second kappa shape index (κ2) is 8.00. The summed E-state index contributed by atoms with van der Waals surface area (Å²) in [5.74, 6) is 1.76. The first-order valence-corrected chi connectivity index (χ1v) is 7.46. The lowest BCUT2D eigenvalue weighted by molar-refractivity contribution is -0.143. The van der Waals surface area contributed by atoms with Crippen LogP contribution in [0.25, 0.3) is 10.8 Å². The maximum atomic E-state index is 12.4. The van der Waals surface area contributed by atoms with Gasteiger partial charge < -0.3 is 10.1 Å². The molecule has 118 valence electrons. The zero-order chi connectivity index (χ0) is 16.7. The summed E-state index contributed by atoms with van der Waals surface area (Å²) in [6.07, 6.45) is 6.87. The SMILES string of the molecule is C#CCCC[C@@H](NC(=O)c1ccc2ccccc2c1)C(=O)OC. The Kier molecular flexibility index (Phi) is 5.76. The summed E-state index contributed by atoms with van der Waals surface area (Å²) in [5.41, 5.74) is 0.509. The molecule has 0 heterocycles. The molecular formula is C19H19NO3. The molecular weight excluding hydrogens is 290 g/mol. The number of rotatable bonds is 6. The van der Waals surface area contributed by atoms with Crippen molar-refractivity contribution in [2.75, 3.05) is 7.11 Å². The molecule has 23 heavy (non-hydrogen) atoms. The van der Waals surface area contributed by atoms with Crippen LogP contribution in [0.5, 0.6) is 0 Å². The molecule has 0 aliphatic carbocycles. The fraction of sp³-hybridized carbons (Fsp3) is 0.263.